The molecule has 1 unspecified atom stereocenters. The highest BCUT2D eigenvalue weighted by Crippen LogP contribution is 2.36. The van der Waals surface area contributed by atoms with Gasteiger partial charge >= 0.3 is 0 Å². The van der Waals surface area contributed by atoms with Crippen LogP contribution in [0, 0.1) is 0 Å². The maximum atomic E-state index is 11.4. The summed E-state index contributed by atoms with van der Waals surface area (Å²) in [7, 11) is -2.78. The second kappa shape index (κ2) is 12.1. The smallest absolute Gasteiger partial charge is 0.264 e. The zero-order valence-electron chi connectivity index (χ0n) is 19.5. The number of fused-ring (bicyclic) bond motifs is 1. The fraction of sp³-hybridized carbons (Fsp3) is 0.364. The first-order valence-corrected chi connectivity index (χ1v) is 13.6. The second-order valence-electron chi connectivity index (χ2n) is 8.03. The molecule has 0 aliphatic carbocycles. The van der Waals surface area contributed by atoms with Crippen LogP contribution >= 0.6 is 27.5 Å². The Hall–Kier alpha value is -2.14. The van der Waals surface area contributed by atoms with Crippen LogP contribution in [0.3, 0.4) is 0 Å². The Morgan fingerprint density at radius 3 is 2.38 bits per heavy atom. The van der Waals surface area contributed by atoms with Crippen molar-refractivity contribution in [2.24, 2.45) is 0 Å². The molecule has 202 valence electrons. The number of hydrogen-bond donors (Lipinski definition) is 6. The van der Waals surface area contributed by atoms with Crippen LogP contribution in [-0.2, 0) is 14.3 Å². The Balaban J connectivity index is 1.93. The monoisotopic (exact) mass is 621 g/mol. The van der Waals surface area contributed by atoms with Gasteiger partial charge in [0.25, 0.3) is 10.1 Å². The van der Waals surface area contributed by atoms with Gasteiger partial charge in [-0.1, -0.05) is 11.6 Å². The van der Waals surface area contributed by atoms with E-state index in [0.717, 1.165) is 0 Å². The van der Waals surface area contributed by atoms with Gasteiger partial charge in [-0.3, -0.25) is 4.18 Å². The van der Waals surface area contributed by atoms with Gasteiger partial charge in [0.1, 0.15) is 48.4 Å². The zero-order chi connectivity index (χ0) is 27.5. The van der Waals surface area contributed by atoms with E-state index in [1.54, 1.807) is 18.2 Å². The van der Waals surface area contributed by atoms with Gasteiger partial charge in [0.05, 0.1) is 30.5 Å². The molecule has 1 heterocycles. The van der Waals surface area contributed by atoms with Crippen molar-refractivity contribution >= 4 is 60.1 Å². The SMILES string of the molecule is COc1cc2c(Nc3ccc(Br)c(Cl)c3)ncnc2cc1C(O)[C@H](O)[C@@H](O)[C@H](O)[C@@H](CO)OS(C)(=O)=O. The first kappa shape index (κ1) is 29.4. The normalized spacial score (nSPS) is 16.1. The van der Waals surface area contributed by atoms with Crippen LogP contribution in [0.15, 0.2) is 41.1 Å². The van der Waals surface area contributed by atoms with Crippen molar-refractivity contribution in [3.63, 3.8) is 0 Å². The van der Waals surface area contributed by atoms with Gasteiger partial charge in [-0.15, -0.1) is 0 Å². The highest BCUT2D eigenvalue weighted by molar-refractivity contribution is 9.10. The van der Waals surface area contributed by atoms with Crippen molar-refractivity contribution in [1.29, 1.82) is 0 Å². The molecule has 37 heavy (non-hydrogen) atoms. The summed E-state index contributed by atoms with van der Waals surface area (Å²) in [5.74, 6) is 0.487. The maximum Gasteiger partial charge on any atom is 0.264 e. The second-order valence-corrected chi connectivity index (χ2v) is 10.9. The molecule has 15 heteroatoms. The molecule has 5 atom stereocenters. The number of rotatable bonds is 11. The lowest BCUT2D eigenvalue weighted by atomic mass is 9.94. The summed E-state index contributed by atoms with van der Waals surface area (Å²) in [5.41, 5.74) is 0.986. The minimum absolute atomic E-state index is 0.00895. The van der Waals surface area contributed by atoms with Gasteiger partial charge < -0.3 is 35.6 Å². The Labute approximate surface area is 225 Å². The third kappa shape index (κ3) is 7.04. The Kier molecular flexibility index (Phi) is 9.66. The van der Waals surface area contributed by atoms with Gasteiger partial charge in [-0.25, -0.2) is 9.97 Å². The molecule has 0 aliphatic heterocycles. The summed E-state index contributed by atoms with van der Waals surface area (Å²) < 4.78 is 33.3. The van der Waals surface area contributed by atoms with E-state index in [2.05, 4.69) is 35.4 Å². The molecule has 1 aromatic heterocycles. The lowest BCUT2D eigenvalue weighted by Crippen LogP contribution is -2.49. The minimum atomic E-state index is -4.10. The average molecular weight is 623 g/mol. The third-order valence-electron chi connectivity index (χ3n) is 5.37. The highest BCUT2D eigenvalue weighted by Gasteiger charge is 2.38. The average Bonchev–Trinajstić information content (AvgIpc) is 2.86. The number of ether oxygens (including phenoxy) is 1. The number of benzene rings is 2. The zero-order valence-corrected chi connectivity index (χ0v) is 22.6. The Morgan fingerprint density at radius 1 is 1.08 bits per heavy atom. The molecule has 0 bridgehead atoms. The van der Waals surface area contributed by atoms with Crippen molar-refractivity contribution in [2.75, 3.05) is 25.3 Å². The molecule has 0 fully saturated rings. The number of aliphatic hydroxyl groups is 5. The van der Waals surface area contributed by atoms with Crippen molar-refractivity contribution in [2.45, 2.75) is 30.5 Å². The van der Waals surface area contributed by atoms with E-state index < -0.39 is 47.2 Å². The molecule has 12 nitrogen and oxygen atoms in total. The molecule has 0 aliphatic rings. The summed E-state index contributed by atoms with van der Waals surface area (Å²) in [6.07, 6.45) is -7.85. The molecule has 0 saturated carbocycles. The van der Waals surface area contributed by atoms with Crippen molar-refractivity contribution in [3.8, 4) is 5.75 Å². The fourth-order valence-corrected chi connectivity index (χ4v) is 4.58. The molecule has 2 aromatic carbocycles. The predicted molar refractivity (Wildman–Crippen MR) is 138 cm³/mol. The van der Waals surface area contributed by atoms with E-state index in [9.17, 15) is 34.0 Å². The number of hydrogen-bond acceptors (Lipinski definition) is 12. The van der Waals surface area contributed by atoms with Gasteiger partial charge in [0.15, 0.2) is 0 Å². The molecule has 0 amide bonds. The fourth-order valence-electron chi connectivity index (χ4n) is 3.53. The van der Waals surface area contributed by atoms with E-state index in [-0.39, 0.29) is 11.3 Å². The van der Waals surface area contributed by atoms with Crippen LogP contribution in [-0.4, -0.2) is 88.3 Å². The molecule has 0 radical (unpaired) electrons. The van der Waals surface area contributed by atoms with Gasteiger partial charge in [0, 0.05) is 21.1 Å². The van der Waals surface area contributed by atoms with Crippen molar-refractivity contribution in [1.82, 2.24) is 9.97 Å². The van der Waals surface area contributed by atoms with Crippen molar-refractivity contribution < 1.29 is 42.9 Å². The van der Waals surface area contributed by atoms with E-state index in [1.165, 1.54) is 25.6 Å². The Bertz CT molecular complexity index is 1360. The van der Waals surface area contributed by atoms with Crippen LogP contribution in [0.25, 0.3) is 10.9 Å². The van der Waals surface area contributed by atoms with Crippen molar-refractivity contribution in [3.05, 3.63) is 51.7 Å². The topological polar surface area (TPSA) is 192 Å². The largest absolute Gasteiger partial charge is 0.496 e. The maximum absolute atomic E-state index is 11.4. The number of nitrogens with zero attached hydrogens (tertiary/aromatic N) is 2. The minimum Gasteiger partial charge on any atom is -0.496 e. The van der Waals surface area contributed by atoms with Gasteiger partial charge in [-0.05, 0) is 46.3 Å². The van der Waals surface area contributed by atoms with Crippen LogP contribution in [0.5, 0.6) is 5.75 Å². The first-order chi connectivity index (χ1) is 17.4. The number of anilines is 2. The van der Waals surface area contributed by atoms with E-state index >= 15 is 0 Å². The van der Waals surface area contributed by atoms with E-state index in [4.69, 9.17) is 16.3 Å². The van der Waals surface area contributed by atoms with Gasteiger partial charge in [-0.2, -0.15) is 8.42 Å². The third-order valence-corrected chi connectivity index (χ3v) is 7.20. The molecule has 3 aromatic rings. The lowest BCUT2D eigenvalue weighted by Gasteiger charge is -2.30. The summed E-state index contributed by atoms with van der Waals surface area (Å²) in [4.78, 5) is 8.43. The van der Waals surface area contributed by atoms with Crippen LogP contribution in [0.4, 0.5) is 11.5 Å². The molecule has 3 rings (SSSR count). The highest BCUT2D eigenvalue weighted by atomic mass is 79.9. The van der Waals surface area contributed by atoms with Crippen LogP contribution in [0.1, 0.15) is 11.7 Å². The van der Waals surface area contributed by atoms with Crippen LogP contribution < -0.4 is 10.1 Å². The predicted octanol–water partition coefficient (Wildman–Crippen LogP) is 1.25. The number of methoxy groups -OCH3 is 1. The lowest BCUT2D eigenvalue weighted by molar-refractivity contribution is -0.135. The van der Waals surface area contributed by atoms with Crippen LogP contribution in [0.2, 0.25) is 5.02 Å². The molecule has 6 N–H and O–H groups in total. The summed E-state index contributed by atoms with van der Waals surface area (Å²) in [6.45, 7) is -0.982. The quantitative estimate of drug-likeness (QED) is 0.168. The van der Waals surface area contributed by atoms with E-state index in [0.29, 0.717) is 38.2 Å². The molecular formula is C22H25BrClN3O9S. The Morgan fingerprint density at radius 2 is 1.78 bits per heavy atom. The number of halogens is 2. The first-order valence-electron chi connectivity index (χ1n) is 10.6. The van der Waals surface area contributed by atoms with E-state index in [1.807, 2.05) is 0 Å². The number of nitrogens with one attached hydrogen (secondary N) is 1. The summed E-state index contributed by atoms with van der Waals surface area (Å²) >= 11 is 9.48. The number of aliphatic hydroxyl groups excluding tert-OH is 5. The molecular weight excluding hydrogens is 598 g/mol. The summed E-state index contributed by atoms with van der Waals surface area (Å²) in [6, 6.07) is 8.13. The number of aromatic nitrogens is 2. The molecule has 0 saturated heterocycles. The molecule has 0 spiro atoms. The standard InChI is InChI=1S/C22H25BrClN3O9S/c1-35-16-7-11-15(25-9-26-22(11)27-10-3-4-13(23)14(24)5-10)6-12(16)18(29)20(31)21(32)19(30)17(8-28)36-37(2,33)34/h3-7,9,17-21,28-32H,8H2,1-2H3,(H,25,26,27)/t17-,18?,19-,20+,21+/m1/s1. The van der Waals surface area contributed by atoms with Gasteiger partial charge in [0.2, 0.25) is 0 Å². The summed E-state index contributed by atoms with van der Waals surface area (Å²) in [5, 5.41) is 55.5.